The van der Waals surface area contributed by atoms with Crippen LogP contribution in [0.1, 0.15) is 92.4 Å². The second kappa shape index (κ2) is 8.28. The van der Waals surface area contributed by atoms with E-state index in [9.17, 15) is 30.6 Å². The average Bonchev–Trinajstić information content (AvgIpc) is 3.06. The smallest absolute Gasteiger partial charge is 0.0913 e. The number of hydrogen-bond donors (Lipinski definition) is 6. The van der Waals surface area contributed by atoms with Gasteiger partial charge in [-0.2, -0.15) is 0 Å². The van der Waals surface area contributed by atoms with Crippen molar-refractivity contribution in [2.24, 2.45) is 28.6 Å². The molecule has 3 saturated carbocycles. The topological polar surface area (TPSA) is 121 Å². The highest BCUT2D eigenvalue weighted by atomic mass is 16.3. The average molecular weight is 467 g/mol. The highest BCUT2D eigenvalue weighted by Crippen LogP contribution is 2.66. The molecule has 10 atom stereocenters. The molecule has 0 spiro atoms. The van der Waals surface area contributed by atoms with Crippen LogP contribution >= 0.6 is 0 Å². The highest BCUT2D eigenvalue weighted by Gasteiger charge is 2.61. The van der Waals surface area contributed by atoms with E-state index in [0.717, 1.165) is 25.7 Å². The molecule has 0 unspecified atom stereocenters. The van der Waals surface area contributed by atoms with E-state index in [0.29, 0.717) is 32.1 Å². The summed E-state index contributed by atoms with van der Waals surface area (Å²) in [6.45, 7) is 9.60. The Morgan fingerprint density at radius 2 is 1.67 bits per heavy atom. The third kappa shape index (κ3) is 4.13. The van der Waals surface area contributed by atoms with E-state index in [1.165, 1.54) is 11.1 Å². The van der Waals surface area contributed by atoms with Crippen molar-refractivity contribution in [2.75, 3.05) is 0 Å². The SMILES string of the molecule is CC(C)(O)CC[C@@H](O)[C@](C)(O)[C@H]1CCC2=C3C[C@H](O)[C@@H]4C[C@@H](O)[C@@H](O)C[C@]4(C)[C@H]3CC[C@@]21C. The van der Waals surface area contributed by atoms with Crippen molar-refractivity contribution in [3.8, 4) is 0 Å². The Kier molecular flexibility index (Phi) is 6.42. The maximum absolute atomic E-state index is 11.6. The van der Waals surface area contributed by atoms with Crippen molar-refractivity contribution in [3.05, 3.63) is 11.1 Å². The summed E-state index contributed by atoms with van der Waals surface area (Å²) in [5, 5.41) is 64.5. The van der Waals surface area contributed by atoms with Gasteiger partial charge in [0.2, 0.25) is 0 Å². The summed E-state index contributed by atoms with van der Waals surface area (Å²) in [5.74, 6) is 0.171. The van der Waals surface area contributed by atoms with Gasteiger partial charge in [-0.1, -0.05) is 25.0 Å². The standard InChI is InChI=1S/C27H46O6/c1-24(2,32)10-9-23(31)27(5,33)22-7-6-16-15-12-19(28)18-13-20(29)21(30)14-26(18,4)17(15)8-11-25(16,22)3/h17-23,28-33H,6-14H2,1-5H3/t17-,18-,19-,20+,21-,22-,23+,25-,26+,27+/m0/s1. The number of rotatable bonds is 5. The van der Waals surface area contributed by atoms with Gasteiger partial charge in [0.05, 0.1) is 35.6 Å². The zero-order valence-corrected chi connectivity index (χ0v) is 21.1. The van der Waals surface area contributed by atoms with Gasteiger partial charge in [-0.3, -0.25) is 0 Å². The summed E-state index contributed by atoms with van der Waals surface area (Å²) >= 11 is 0. The Bertz CT molecular complexity index is 784. The molecule has 33 heavy (non-hydrogen) atoms. The third-order valence-corrected chi connectivity index (χ3v) is 10.4. The maximum atomic E-state index is 11.6. The van der Waals surface area contributed by atoms with Gasteiger partial charge >= 0.3 is 0 Å². The summed E-state index contributed by atoms with van der Waals surface area (Å²) in [5.41, 5.74) is 0.0264. The van der Waals surface area contributed by atoms with E-state index in [4.69, 9.17) is 0 Å². The number of hydrogen-bond acceptors (Lipinski definition) is 6. The second-order valence-corrected chi connectivity index (χ2v) is 13.2. The van der Waals surface area contributed by atoms with E-state index in [2.05, 4.69) is 13.8 Å². The molecule has 6 nitrogen and oxygen atoms in total. The van der Waals surface area contributed by atoms with Crippen LogP contribution in [0.25, 0.3) is 0 Å². The minimum Gasteiger partial charge on any atom is -0.392 e. The van der Waals surface area contributed by atoms with Crippen LogP contribution in [0.5, 0.6) is 0 Å². The van der Waals surface area contributed by atoms with E-state index in [-0.39, 0.29) is 28.6 Å². The lowest BCUT2D eigenvalue weighted by Crippen LogP contribution is -2.57. The van der Waals surface area contributed by atoms with Gasteiger partial charge < -0.3 is 30.6 Å². The van der Waals surface area contributed by atoms with Gasteiger partial charge in [0, 0.05) is 0 Å². The van der Waals surface area contributed by atoms with Crippen LogP contribution in [-0.4, -0.2) is 66.3 Å². The molecule has 0 amide bonds. The molecule has 0 aromatic rings. The number of fused-ring (bicyclic) bond motifs is 4. The molecule has 0 bridgehead atoms. The normalized spacial score (nSPS) is 46.3. The van der Waals surface area contributed by atoms with E-state index in [1.54, 1.807) is 20.8 Å². The maximum Gasteiger partial charge on any atom is 0.0913 e. The first-order valence-electron chi connectivity index (χ1n) is 13.0. The fourth-order valence-electron chi connectivity index (χ4n) is 8.52. The molecule has 4 aliphatic carbocycles. The predicted molar refractivity (Wildman–Crippen MR) is 126 cm³/mol. The first-order chi connectivity index (χ1) is 15.1. The van der Waals surface area contributed by atoms with Crippen molar-refractivity contribution in [3.63, 3.8) is 0 Å². The predicted octanol–water partition coefficient (Wildman–Crippen LogP) is 2.68. The highest BCUT2D eigenvalue weighted by molar-refractivity contribution is 5.36. The van der Waals surface area contributed by atoms with E-state index < -0.39 is 35.6 Å². The lowest BCUT2D eigenvalue weighted by molar-refractivity contribution is -0.148. The van der Waals surface area contributed by atoms with Crippen LogP contribution < -0.4 is 0 Å². The van der Waals surface area contributed by atoms with Gasteiger partial charge in [-0.05, 0) is 107 Å². The summed E-state index contributed by atoms with van der Waals surface area (Å²) in [7, 11) is 0. The van der Waals surface area contributed by atoms with Gasteiger partial charge in [0.1, 0.15) is 0 Å². The molecule has 4 rings (SSSR count). The fraction of sp³-hybridized carbons (Fsp3) is 0.926. The lowest BCUT2D eigenvalue weighted by Gasteiger charge is -2.59. The molecule has 0 aromatic carbocycles. The third-order valence-electron chi connectivity index (χ3n) is 10.4. The zero-order chi connectivity index (χ0) is 24.6. The van der Waals surface area contributed by atoms with Crippen molar-refractivity contribution >= 4 is 0 Å². The molecule has 6 N–H and O–H groups in total. The molecule has 3 fully saturated rings. The molecule has 0 aliphatic heterocycles. The molecule has 190 valence electrons. The van der Waals surface area contributed by atoms with Gasteiger partial charge in [0.15, 0.2) is 0 Å². The molecule has 0 heterocycles. The second-order valence-electron chi connectivity index (χ2n) is 13.2. The first-order valence-corrected chi connectivity index (χ1v) is 13.0. The Hall–Kier alpha value is -0.500. The van der Waals surface area contributed by atoms with Crippen molar-refractivity contribution in [1.29, 1.82) is 0 Å². The van der Waals surface area contributed by atoms with Gasteiger partial charge in [0.25, 0.3) is 0 Å². The van der Waals surface area contributed by atoms with Gasteiger partial charge in [-0.25, -0.2) is 0 Å². The Balaban J connectivity index is 1.63. The summed E-state index contributed by atoms with van der Waals surface area (Å²) in [4.78, 5) is 0. The first kappa shape index (κ1) is 25.6. The Morgan fingerprint density at radius 1 is 1.00 bits per heavy atom. The Labute approximate surface area is 198 Å². The molecular weight excluding hydrogens is 420 g/mol. The quantitative estimate of drug-likeness (QED) is 0.347. The van der Waals surface area contributed by atoms with Crippen molar-refractivity contribution in [2.45, 2.75) is 128 Å². The molecule has 0 saturated heterocycles. The molecular formula is C27H46O6. The largest absolute Gasteiger partial charge is 0.392 e. The monoisotopic (exact) mass is 466 g/mol. The van der Waals surface area contributed by atoms with Crippen molar-refractivity contribution < 1.29 is 30.6 Å². The fourth-order valence-corrected chi connectivity index (χ4v) is 8.52. The van der Waals surface area contributed by atoms with Crippen LogP contribution in [0, 0.1) is 28.6 Å². The zero-order valence-electron chi connectivity index (χ0n) is 21.1. The summed E-state index contributed by atoms with van der Waals surface area (Å²) in [6.07, 6.45) is 2.86. The van der Waals surface area contributed by atoms with E-state index in [1.807, 2.05) is 0 Å². The number of aliphatic hydroxyl groups is 6. The van der Waals surface area contributed by atoms with Crippen molar-refractivity contribution in [1.82, 2.24) is 0 Å². The molecule has 4 aliphatic rings. The minimum absolute atomic E-state index is 0.0152. The summed E-state index contributed by atoms with van der Waals surface area (Å²) < 4.78 is 0. The molecule has 6 heteroatoms. The molecule has 0 radical (unpaired) electrons. The number of aliphatic hydroxyl groups excluding tert-OH is 4. The molecule has 0 aromatic heterocycles. The van der Waals surface area contributed by atoms with Crippen LogP contribution in [0.3, 0.4) is 0 Å². The number of allylic oxidation sites excluding steroid dienone is 1. The van der Waals surface area contributed by atoms with Crippen LogP contribution in [0.4, 0.5) is 0 Å². The van der Waals surface area contributed by atoms with Gasteiger partial charge in [-0.15, -0.1) is 0 Å². The van der Waals surface area contributed by atoms with Crippen LogP contribution in [-0.2, 0) is 0 Å². The van der Waals surface area contributed by atoms with Crippen LogP contribution in [0.2, 0.25) is 0 Å². The lowest BCUT2D eigenvalue weighted by atomic mass is 9.47. The van der Waals surface area contributed by atoms with Crippen LogP contribution in [0.15, 0.2) is 11.1 Å². The Morgan fingerprint density at radius 3 is 2.30 bits per heavy atom. The summed E-state index contributed by atoms with van der Waals surface area (Å²) in [6, 6.07) is 0. The minimum atomic E-state index is -1.26. The van der Waals surface area contributed by atoms with E-state index >= 15 is 0 Å².